The van der Waals surface area contributed by atoms with Crippen LogP contribution in [0, 0.1) is 0 Å². The van der Waals surface area contributed by atoms with Gasteiger partial charge in [-0.25, -0.2) is 9.97 Å². The lowest BCUT2D eigenvalue weighted by molar-refractivity contribution is -0.901. The van der Waals surface area contributed by atoms with Crippen molar-refractivity contribution in [2.24, 2.45) is 0 Å². The fourth-order valence-electron chi connectivity index (χ4n) is 4.24. The third-order valence-corrected chi connectivity index (χ3v) is 5.84. The molecular weight excluding hydrogens is 370 g/mol. The van der Waals surface area contributed by atoms with E-state index < -0.39 is 0 Å². The van der Waals surface area contributed by atoms with Crippen LogP contribution in [0.1, 0.15) is 24.0 Å². The van der Waals surface area contributed by atoms with Gasteiger partial charge < -0.3 is 10.2 Å². The van der Waals surface area contributed by atoms with Gasteiger partial charge in [0.1, 0.15) is 12.4 Å². The molecule has 1 aliphatic rings. The summed E-state index contributed by atoms with van der Waals surface area (Å²) in [5, 5.41) is 4.63. The number of aromatic nitrogens is 3. The Bertz CT molecular complexity index is 1140. The Morgan fingerprint density at radius 3 is 2.47 bits per heavy atom. The molecule has 2 aromatic carbocycles. The van der Waals surface area contributed by atoms with E-state index in [0.29, 0.717) is 5.82 Å². The first-order valence-corrected chi connectivity index (χ1v) is 10.7. The highest BCUT2D eigenvalue weighted by Gasteiger charge is 2.17. The van der Waals surface area contributed by atoms with Gasteiger partial charge in [-0.2, -0.15) is 0 Å². The molecule has 5 rings (SSSR count). The van der Waals surface area contributed by atoms with E-state index in [-0.39, 0.29) is 0 Å². The fourth-order valence-corrected chi connectivity index (χ4v) is 4.24. The number of nitrogens with one attached hydrogen (secondary N) is 2. The lowest BCUT2D eigenvalue weighted by atomic mass is 10.1. The Morgan fingerprint density at radius 1 is 0.833 bits per heavy atom. The summed E-state index contributed by atoms with van der Waals surface area (Å²) in [4.78, 5) is 15.5. The lowest BCUT2D eigenvalue weighted by Gasteiger charge is -2.16. The number of quaternary nitrogens is 1. The Kier molecular flexibility index (Phi) is 5.36. The molecule has 0 bridgehead atoms. The zero-order valence-corrected chi connectivity index (χ0v) is 17.0. The second kappa shape index (κ2) is 8.59. The van der Waals surface area contributed by atoms with Gasteiger partial charge in [-0.15, -0.1) is 0 Å². The average Bonchev–Trinajstić information content (AvgIpc) is 3.32. The average molecular weight is 397 g/mol. The van der Waals surface area contributed by atoms with E-state index in [1.165, 1.54) is 37.1 Å². The standard InChI is InChI=1S/C25H25N5/c1-2-9-21(18-30-14-5-6-15-30)19(8-1)17-27-25-22-11-3-4-12-23(22)28-24(29-25)20-10-7-13-26-16-20/h1-4,7-13,16H,5-6,14-15,17-18H2,(H,27,28,29)/p+1. The molecule has 150 valence electrons. The highest BCUT2D eigenvalue weighted by Crippen LogP contribution is 2.25. The Labute approximate surface area is 176 Å². The van der Waals surface area contributed by atoms with Crippen molar-refractivity contribution in [3.05, 3.63) is 84.2 Å². The maximum Gasteiger partial charge on any atom is 0.163 e. The number of pyridine rings is 1. The predicted octanol–water partition coefficient (Wildman–Crippen LogP) is 3.48. The first-order chi connectivity index (χ1) is 14.9. The van der Waals surface area contributed by atoms with Crippen molar-refractivity contribution in [3.8, 4) is 11.4 Å². The van der Waals surface area contributed by atoms with Gasteiger partial charge in [-0.1, -0.05) is 36.4 Å². The maximum atomic E-state index is 4.85. The smallest absolute Gasteiger partial charge is 0.163 e. The van der Waals surface area contributed by atoms with E-state index in [9.17, 15) is 0 Å². The molecule has 1 fully saturated rings. The number of anilines is 1. The highest BCUT2D eigenvalue weighted by molar-refractivity contribution is 5.90. The van der Waals surface area contributed by atoms with Crippen LogP contribution in [0.2, 0.25) is 0 Å². The van der Waals surface area contributed by atoms with Crippen molar-refractivity contribution >= 4 is 16.7 Å². The molecule has 0 radical (unpaired) electrons. The van der Waals surface area contributed by atoms with Gasteiger partial charge in [-0.3, -0.25) is 4.98 Å². The van der Waals surface area contributed by atoms with Crippen LogP contribution in [-0.4, -0.2) is 28.0 Å². The summed E-state index contributed by atoms with van der Waals surface area (Å²) in [5.74, 6) is 1.56. The van der Waals surface area contributed by atoms with E-state index in [2.05, 4.69) is 40.6 Å². The molecule has 4 aromatic rings. The summed E-state index contributed by atoms with van der Waals surface area (Å²) < 4.78 is 0. The monoisotopic (exact) mass is 396 g/mol. The van der Waals surface area contributed by atoms with Gasteiger partial charge in [0, 0.05) is 48.3 Å². The summed E-state index contributed by atoms with van der Waals surface area (Å²) in [6.07, 6.45) is 6.27. The molecule has 2 aromatic heterocycles. The quantitative estimate of drug-likeness (QED) is 0.524. The van der Waals surface area contributed by atoms with E-state index in [1.54, 1.807) is 11.1 Å². The number of hydrogen-bond acceptors (Lipinski definition) is 4. The van der Waals surface area contributed by atoms with Gasteiger partial charge >= 0.3 is 0 Å². The minimum Gasteiger partial charge on any atom is -0.365 e. The van der Waals surface area contributed by atoms with E-state index >= 15 is 0 Å². The van der Waals surface area contributed by atoms with Crippen molar-refractivity contribution in [2.45, 2.75) is 25.9 Å². The molecule has 3 heterocycles. The molecule has 0 spiro atoms. The number of para-hydroxylation sites is 1. The molecule has 5 nitrogen and oxygen atoms in total. The number of nitrogens with zero attached hydrogens (tertiary/aromatic N) is 3. The highest BCUT2D eigenvalue weighted by atomic mass is 15.1. The molecule has 0 saturated carbocycles. The minimum absolute atomic E-state index is 0.694. The number of fused-ring (bicyclic) bond motifs is 1. The van der Waals surface area contributed by atoms with Crippen LogP contribution in [0.4, 0.5) is 5.82 Å². The normalized spacial score (nSPS) is 14.3. The van der Waals surface area contributed by atoms with Gasteiger partial charge in [-0.05, 0) is 29.8 Å². The van der Waals surface area contributed by atoms with Gasteiger partial charge in [0.2, 0.25) is 0 Å². The summed E-state index contributed by atoms with van der Waals surface area (Å²) >= 11 is 0. The SMILES string of the molecule is c1cncc(-c2nc(NCc3ccccc3C[NH+]3CCCC3)c3ccccc3n2)c1. The summed E-state index contributed by atoms with van der Waals surface area (Å²) in [7, 11) is 0. The molecule has 0 unspecified atom stereocenters. The summed E-state index contributed by atoms with van der Waals surface area (Å²) in [6, 6.07) is 20.8. The molecule has 5 heteroatoms. The Balaban J connectivity index is 1.44. The van der Waals surface area contributed by atoms with Crippen molar-refractivity contribution in [1.82, 2.24) is 15.0 Å². The van der Waals surface area contributed by atoms with Crippen LogP contribution in [-0.2, 0) is 13.1 Å². The molecule has 2 N–H and O–H groups in total. The van der Waals surface area contributed by atoms with Gasteiger partial charge in [0.15, 0.2) is 5.82 Å². The van der Waals surface area contributed by atoms with Crippen molar-refractivity contribution in [3.63, 3.8) is 0 Å². The van der Waals surface area contributed by atoms with Crippen LogP contribution in [0.5, 0.6) is 0 Å². The fraction of sp³-hybridized carbons (Fsp3) is 0.240. The van der Waals surface area contributed by atoms with E-state index in [1.807, 2.05) is 36.5 Å². The van der Waals surface area contributed by atoms with Crippen molar-refractivity contribution in [1.29, 1.82) is 0 Å². The second-order valence-corrected chi connectivity index (χ2v) is 7.91. The first kappa shape index (κ1) is 18.7. The van der Waals surface area contributed by atoms with Crippen LogP contribution >= 0.6 is 0 Å². The van der Waals surface area contributed by atoms with Crippen molar-refractivity contribution < 1.29 is 4.90 Å². The molecule has 30 heavy (non-hydrogen) atoms. The van der Waals surface area contributed by atoms with Crippen molar-refractivity contribution in [2.75, 3.05) is 18.4 Å². The topological polar surface area (TPSA) is 55.1 Å². The molecule has 0 amide bonds. The van der Waals surface area contributed by atoms with Crippen LogP contribution in [0.15, 0.2) is 73.1 Å². The largest absolute Gasteiger partial charge is 0.365 e. The maximum absolute atomic E-state index is 4.85. The summed E-state index contributed by atoms with van der Waals surface area (Å²) in [6.45, 7) is 4.42. The summed E-state index contributed by atoms with van der Waals surface area (Å²) in [5.41, 5.74) is 4.61. The van der Waals surface area contributed by atoms with Gasteiger partial charge in [0.05, 0.1) is 18.6 Å². The third kappa shape index (κ3) is 4.02. The van der Waals surface area contributed by atoms with Crippen LogP contribution < -0.4 is 10.2 Å². The molecule has 1 aliphatic heterocycles. The Morgan fingerprint density at radius 2 is 1.63 bits per heavy atom. The Hall–Kier alpha value is -3.31. The molecule has 1 saturated heterocycles. The molecule has 0 aliphatic carbocycles. The number of rotatable bonds is 6. The minimum atomic E-state index is 0.694. The van der Waals surface area contributed by atoms with E-state index in [0.717, 1.165) is 35.4 Å². The van der Waals surface area contributed by atoms with E-state index in [4.69, 9.17) is 9.97 Å². The zero-order valence-electron chi connectivity index (χ0n) is 17.0. The predicted molar refractivity (Wildman–Crippen MR) is 120 cm³/mol. The zero-order chi connectivity index (χ0) is 20.2. The molecular formula is C25H26N5+. The van der Waals surface area contributed by atoms with Gasteiger partial charge in [0.25, 0.3) is 0 Å². The second-order valence-electron chi connectivity index (χ2n) is 7.91. The third-order valence-electron chi connectivity index (χ3n) is 5.84. The molecule has 0 atom stereocenters. The number of hydrogen-bond donors (Lipinski definition) is 2. The number of likely N-dealkylation sites (tertiary alicyclic amines) is 1. The van der Waals surface area contributed by atoms with Crippen LogP contribution in [0.3, 0.4) is 0 Å². The van der Waals surface area contributed by atoms with Crippen LogP contribution in [0.25, 0.3) is 22.3 Å². The number of benzene rings is 2. The lowest BCUT2D eigenvalue weighted by Crippen LogP contribution is -3.08. The first-order valence-electron chi connectivity index (χ1n) is 10.7.